The molecular formula is C35H40FN3O4. The summed E-state index contributed by atoms with van der Waals surface area (Å²) < 4.78 is 31.2. The summed E-state index contributed by atoms with van der Waals surface area (Å²) in [4.78, 5) is 21.0. The zero-order chi connectivity index (χ0) is 29.5. The molecule has 0 radical (unpaired) electrons. The van der Waals surface area contributed by atoms with Crippen LogP contribution in [0.15, 0.2) is 47.0 Å². The number of methoxy groups -OCH3 is 2. The Morgan fingerprint density at radius 1 is 0.930 bits per heavy atom. The van der Waals surface area contributed by atoms with Crippen molar-refractivity contribution < 1.29 is 23.2 Å². The van der Waals surface area contributed by atoms with Crippen LogP contribution in [0.1, 0.15) is 94.7 Å². The van der Waals surface area contributed by atoms with E-state index in [2.05, 4.69) is 17.3 Å². The second-order valence-electron chi connectivity index (χ2n) is 14.5. The molecule has 226 valence electrons. The molecule has 0 unspecified atom stereocenters. The summed E-state index contributed by atoms with van der Waals surface area (Å²) in [5.41, 5.74) is 1.78. The quantitative estimate of drug-likeness (QED) is 0.245. The SMILES string of the molecule is COc1ccc(-c2cccc(N(CC34CCC(c5nc(C6CC6)no5)(CC3)CC4)C(=O)CC34CC(F)(C3)C4)c2)cc1OC. The Kier molecular flexibility index (Phi) is 6.02. The number of carbonyl (C=O) groups excluding carboxylic acids is 1. The third kappa shape index (κ3) is 4.54. The van der Waals surface area contributed by atoms with Crippen LogP contribution in [-0.2, 0) is 10.2 Å². The van der Waals surface area contributed by atoms with Crippen molar-refractivity contribution in [3.8, 4) is 22.6 Å². The van der Waals surface area contributed by atoms with Gasteiger partial charge in [0.25, 0.3) is 0 Å². The van der Waals surface area contributed by atoms with E-state index < -0.39 is 5.67 Å². The normalized spacial score (nSPS) is 32.1. The van der Waals surface area contributed by atoms with E-state index in [1.807, 2.05) is 35.2 Å². The van der Waals surface area contributed by atoms with Crippen molar-refractivity contribution in [2.45, 2.75) is 94.1 Å². The third-order valence-electron chi connectivity index (χ3n) is 11.5. The van der Waals surface area contributed by atoms with Gasteiger partial charge in [0.1, 0.15) is 5.67 Å². The number of benzene rings is 2. The Balaban J connectivity index is 1.06. The molecule has 1 heterocycles. The van der Waals surface area contributed by atoms with Gasteiger partial charge in [0.05, 0.1) is 14.2 Å². The van der Waals surface area contributed by atoms with Crippen molar-refractivity contribution in [2.75, 3.05) is 25.7 Å². The standard InChI is InChI=1S/C35H40FN3O4/c1-41-27-9-8-25(17-28(27)42-2)24-4-3-5-26(16-24)39(29(40)18-33-19-35(36,20-33)21-33)22-32-10-13-34(14-11-32,15-12-32)31-37-30(38-43-31)23-6-7-23/h3-5,8-9,16-17,23H,6-7,10-15,18-22H2,1-2H3. The third-order valence-corrected chi connectivity index (χ3v) is 11.5. The molecule has 0 N–H and O–H groups in total. The van der Waals surface area contributed by atoms with Crippen LogP contribution >= 0.6 is 0 Å². The Hall–Kier alpha value is -3.42. The van der Waals surface area contributed by atoms with Crippen molar-refractivity contribution in [3.63, 3.8) is 0 Å². The van der Waals surface area contributed by atoms with Gasteiger partial charge >= 0.3 is 0 Å². The van der Waals surface area contributed by atoms with E-state index in [9.17, 15) is 9.18 Å². The van der Waals surface area contributed by atoms with Gasteiger partial charge in [-0.05, 0) is 117 Å². The summed E-state index contributed by atoms with van der Waals surface area (Å²) in [6, 6.07) is 14.1. The highest BCUT2D eigenvalue weighted by atomic mass is 19.1. The maximum absolute atomic E-state index is 14.4. The lowest BCUT2D eigenvalue weighted by Gasteiger charge is -2.66. The Morgan fingerprint density at radius 2 is 1.63 bits per heavy atom. The van der Waals surface area contributed by atoms with Crippen LogP contribution in [0.4, 0.5) is 10.1 Å². The van der Waals surface area contributed by atoms with Crippen LogP contribution in [0.3, 0.4) is 0 Å². The predicted molar refractivity (Wildman–Crippen MR) is 160 cm³/mol. The van der Waals surface area contributed by atoms with E-state index in [0.29, 0.717) is 49.6 Å². The van der Waals surface area contributed by atoms with E-state index in [1.165, 1.54) is 12.8 Å². The first kappa shape index (κ1) is 27.2. The molecule has 0 spiro atoms. The lowest BCUT2D eigenvalue weighted by Crippen LogP contribution is -2.65. The highest BCUT2D eigenvalue weighted by Gasteiger charge is 2.69. The largest absolute Gasteiger partial charge is 0.493 e. The van der Waals surface area contributed by atoms with Crippen LogP contribution in [0, 0.1) is 10.8 Å². The summed E-state index contributed by atoms with van der Waals surface area (Å²) >= 11 is 0. The van der Waals surface area contributed by atoms with E-state index in [-0.39, 0.29) is 22.2 Å². The Morgan fingerprint density at radius 3 is 2.28 bits per heavy atom. The van der Waals surface area contributed by atoms with Gasteiger partial charge in [0.2, 0.25) is 11.8 Å². The second kappa shape index (κ2) is 9.54. The fourth-order valence-electron chi connectivity index (χ4n) is 8.77. The van der Waals surface area contributed by atoms with Crippen molar-refractivity contribution in [2.24, 2.45) is 10.8 Å². The topological polar surface area (TPSA) is 77.7 Å². The first-order chi connectivity index (χ1) is 20.7. The van der Waals surface area contributed by atoms with Gasteiger partial charge in [-0.15, -0.1) is 0 Å². The summed E-state index contributed by atoms with van der Waals surface area (Å²) in [6.45, 7) is 0.686. The number of amides is 1. The number of hydrogen-bond donors (Lipinski definition) is 0. The second-order valence-corrected chi connectivity index (χ2v) is 14.5. The van der Waals surface area contributed by atoms with Gasteiger partial charge in [0.15, 0.2) is 17.3 Å². The van der Waals surface area contributed by atoms with E-state index in [1.54, 1.807) is 14.2 Å². The lowest BCUT2D eigenvalue weighted by atomic mass is 9.41. The van der Waals surface area contributed by atoms with Gasteiger partial charge < -0.3 is 18.9 Å². The Labute approximate surface area is 252 Å². The van der Waals surface area contributed by atoms with Gasteiger partial charge in [-0.1, -0.05) is 23.4 Å². The molecule has 4 bridgehead atoms. The van der Waals surface area contributed by atoms with Gasteiger partial charge in [-0.25, -0.2) is 4.39 Å². The van der Waals surface area contributed by atoms with Crippen molar-refractivity contribution in [3.05, 3.63) is 54.2 Å². The Bertz CT molecular complexity index is 1530. The molecule has 7 aliphatic carbocycles. The monoisotopic (exact) mass is 585 g/mol. The predicted octanol–water partition coefficient (Wildman–Crippen LogP) is 7.54. The molecule has 3 aromatic rings. The number of aromatic nitrogens is 2. The highest BCUT2D eigenvalue weighted by Crippen LogP contribution is 2.71. The molecule has 7 aliphatic rings. The maximum atomic E-state index is 14.4. The number of carbonyl (C=O) groups is 1. The van der Waals surface area contributed by atoms with Gasteiger partial charge in [-0.3, -0.25) is 4.79 Å². The fourth-order valence-corrected chi connectivity index (χ4v) is 8.77. The fraction of sp³-hybridized carbons (Fsp3) is 0.571. The minimum atomic E-state index is -1.01. The average Bonchev–Trinajstić information content (AvgIpc) is 3.74. The molecule has 7 saturated carbocycles. The van der Waals surface area contributed by atoms with E-state index in [0.717, 1.165) is 67.1 Å². The van der Waals surface area contributed by atoms with Crippen LogP contribution in [-0.4, -0.2) is 42.5 Å². The smallest absolute Gasteiger partial charge is 0.232 e. The van der Waals surface area contributed by atoms with Crippen molar-refractivity contribution >= 4 is 11.6 Å². The number of halogens is 1. The van der Waals surface area contributed by atoms with Crippen LogP contribution in [0.25, 0.3) is 11.1 Å². The number of ether oxygens (including phenoxy) is 2. The molecule has 10 rings (SSSR count). The van der Waals surface area contributed by atoms with Crippen LogP contribution in [0.5, 0.6) is 11.5 Å². The molecule has 0 aliphatic heterocycles. The van der Waals surface area contributed by atoms with E-state index >= 15 is 0 Å². The minimum absolute atomic E-state index is 0.0225. The molecular weight excluding hydrogens is 545 g/mol. The van der Waals surface area contributed by atoms with Crippen molar-refractivity contribution in [1.82, 2.24) is 10.1 Å². The van der Waals surface area contributed by atoms with E-state index in [4.69, 9.17) is 19.0 Å². The average molecular weight is 586 g/mol. The molecule has 0 atom stereocenters. The van der Waals surface area contributed by atoms with Crippen LogP contribution < -0.4 is 14.4 Å². The molecule has 1 aromatic heterocycles. The number of rotatable bonds is 10. The van der Waals surface area contributed by atoms with Crippen molar-refractivity contribution in [1.29, 1.82) is 0 Å². The summed E-state index contributed by atoms with van der Waals surface area (Å²) in [7, 11) is 3.27. The number of nitrogens with zero attached hydrogens (tertiary/aromatic N) is 3. The zero-order valence-corrected chi connectivity index (χ0v) is 25.2. The summed E-state index contributed by atoms with van der Waals surface area (Å²) in [5.74, 6) is 3.68. The molecule has 2 aromatic carbocycles. The lowest BCUT2D eigenvalue weighted by molar-refractivity contribution is -0.215. The molecule has 0 saturated heterocycles. The molecule has 7 fully saturated rings. The summed E-state index contributed by atoms with van der Waals surface area (Å²) in [6.07, 6.45) is 10.5. The molecule has 1 amide bonds. The number of fused-ring (bicyclic) bond motifs is 3. The first-order valence-electron chi connectivity index (χ1n) is 15.9. The van der Waals surface area contributed by atoms with Gasteiger partial charge in [-0.2, -0.15) is 4.98 Å². The summed E-state index contributed by atoms with van der Waals surface area (Å²) in [5, 5.41) is 4.32. The number of alkyl halides is 1. The zero-order valence-electron chi connectivity index (χ0n) is 25.2. The highest BCUT2D eigenvalue weighted by molar-refractivity contribution is 5.95. The number of hydrogen-bond acceptors (Lipinski definition) is 6. The molecule has 43 heavy (non-hydrogen) atoms. The van der Waals surface area contributed by atoms with Gasteiger partial charge in [0, 0.05) is 30.0 Å². The molecule has 7 nitrogen and oxygen atoms in total. The minimum Gasteiger partial charge on any atom is -0.493 e. The first-order valence-corrected chi connectivity index (χ1v) is 15.9. The maximum Gasteiger partial charge on any atom is 0.232 e. The number of anilines is 1. The molecule has 8 heteroatoms. The van der Waals surface area contributed by atoms with Crippen LogP contribution in [0.2, 0.25) is 0 Å².